The monoisotopic (exact) mass is 141 g/mol. The second-order valence-corrected chi connectivity index (χ2v) is 2.15. The molecule has 0 spiro atoms. The van der Waals surface area contributed by atoms with Crippen LogP contribution in [0.1, 0.15) is 18.0 Å². The van der Waals surface area contributed by atoms with Gasteiger partial charge in [0, 0.05) is 24.4 Å². The van der Waals surface area contributed by atoms with Crippen molar-refractivity contribution >= 4 is 0 Å². The molecule has 1 rings (SSSR count). The van der Waals surface area contributed by atoms with Gasteiger partial charge in [-0.2, -0.15) is 5.10 Å². The van der Waals surface area contributed by atoms with Gasteiger partial charge in [-0.1, -0.05) is 0 Å². The maximum atomic E-state index is 8.52. The highest BCUT2D eigenvalue weighted by molar-refractivity contribution is 5.07. The van der Waals surface area contributed by atoms with Crippen molar-refractivity contribution in [3.8, 4) is 0 Å². The fourth-order valence-corrected chi connectivity index (χ4v) is 0.769. The number of hydrogen-bond donors (Lipinski definition) is 3. The van der Waals surface area contributed by atoms with Crippen molar-refractivity contribution in [1.29, 1.82) is 0 Å². The molecule has 0 radical (unpaired) electrons. The van der Waals surface area contributed by atoms with Gasteiger partial charge in [-0.15, -0.1) is 0 Å². The van der Waals surface area contributed by atoms with E-state index < -0.39 is 0 Å². The molecule has 1 heterocycles. The molecule has 0 aliphatic heterocycles. The zero-order chi connectivity index (χ0) is 7.40. The Morgan fingerprint density at radius 2 is 2.60 bits per heavy atom. The van der Waals surface area contributed by atoms with E-state index in [4.69, 9.17) is 10.8 Å². The zero-order valence-corrected chi connectivity index (χ0v) is 5.62. The van der Waals surface area contributed by atoms with Crippen molar-refractivity contribution in [2.45, 2.75) is 12.5 Å². The van der Waals surface area contributed by atoms with Crippen molar-refractivity contribution in [1.82, 2.24) is 10.2 Å². The van der Waals surface area contributed by atoms with E-state index in [9.17, 15) is 0 Å². The summed E-state index contributed by atoms with van der Waals surface area (Å²) < 4.78 is 0. The average molecular weight is 141 g/mol. The van der Waals surface area contributed by atoms with Crippen LogP contribution in [0.15, 0.2) is 12.4 Å². The van der Waals surface area contributed by atoms with Gasteiger partial charge >= 0.3 is 0 Å². The van der Waals surface area contributed by atoms with Crippen molar-refractivity contribution in [2.75, 3.05) is 6.61 Å². The largest absolute Gasteiger partial charge is 0.396 e. The molecule has 0 aromatic carbocycles. The van der Waals surface area contributed by atoms with Crippen LogP contribution < -0.4 is 5.73 Å². The number of hydrogen-bond acceptors (Lipinski definition) is 3. The van der Waals surface area contributed by atoms with E-state index >= 15 is 0 Å². The van der Waals surface area contributed by atoms with Gasteiger partial charge < -0.3 is 10.8 Å². The maximum Gasteiger partial charge on any atom is 0.0535 e. The van der Waals surface area contributed by atoms with Gasteiger partial charge in [0.25, 0.3) is 0 Å². The number of H-pyrrole nitrogens is 1. The molecule has 10 heavy (non-hydrogen) atoms. The van der Waals surface area contributed by atoms with Crippen molar-refractivity contribution < 1.29 is 5.11 Å². The summed E-state index contributed by atoms with van der Waals surface area (Å²) in [5, 5.41) is 14.9. The van der Waals surface area contributed by atoms with Crippen molar-refractivity contribution in [3.63, 3.8) is 0 Å². The van der Waals surface area contributed by atoms with E-state index in [2.05, 4.69) is 10.2 Å². The van der Waals surface area contributed by atoms with E-state index in [0.717, 1.165) is 5.56 Å². The molecule has 56 valence electrons. The maximum absolute atomic E-state index is 8.52. The highest BCUT2D eigenvalue weighted by Gasteiger charge is 2.04. The van der Waals surface area contributed by atoms with E-state index in [0.29, 0.717) is 6.42 Å². The fraction of sp³-hybridized carbons (Fsp3) is 0.500. The fourth-order valence-electron chi connectivity index (χ4n) is 0.769. The zero-order valence-electron chi connectivity index (χ0n) is 5.62. The molecule has 1 aromatic heterocycles. The quantitative estimate of drug-likeness (QED) is 0.545. The van der Waals surface area contributed by atoms with E-state index in [1.807, 2.05) is 0 Å². The van der Waals surface area contributed by atoms with Gasteiger partial charge in [-0.3, -0.25) is 5.10 Å². The van der Waals surface area contributed by atoms with Gasteiger partial charge in [-0.25, -0.2) is 0 Å². The Hall–Kier alpha value is -0.870. The highest BCUT2D eigenvalue weighted by atomic mass is 16.3. The first kappa shape index (κ1) is 7.24. The summed E-state index contributed by atoms with van der Waals surface area (Å²) in [5.41, 5.74) is 6.57. The minimum absolute atomic E-state index is 0.0938. The Bertz CT molecular complexity index is 173. The number of nitrogens with one attached hydrogen (secondary N) is 1. The lowest BCUT2D eigenvalue weighted by molar-refractivity contribution is 0.276. The van der Waals surface area contributed by atoms with Crippen LogP contribution >= 0.6 is 0 Å². The van der Waals surface area contributed by atoms with Gasteiger partial charge in [0.1, 0.15) is 0 Å². The topological polar surface area (TPSA) is 74.9 Å². The predicted molar refractivity (Wildman–Crippen MR) is 37.2 cm³/mol. The van der Waals surface area contributed by atoms with E-state index in [1.54, 1.807) is 12.4 Å². The number of aliphatic hydroxyl groups is 1. The lowest BCUT2D eigenvalue weighted by atomic mass is 10.1. The van der Waals surface area contributed by atoms with Crippen LogP contribution in [0.2, 0.25) is 0 Å². The first-order valence-electron chi connectivity index (χ1n) is 3.19. The molecule has 0 aliphatic carbocycles. The molecule has 0 saturated carbocycles. The van der Waals surface area contributed by atoms with Crippen LogP contribution in [-0.4, -0.2) is 21.9 Å². The number of rotatable bonds is 3. The molecule has 0 saturated heterocycles. The van der Waals surface area contributed by atoms with Crippen LogP contribution in [0.5, 0.6) is 0 Å². The molecular weight excluding hydrogens is 130 g/mol. The van der Waals surface area contributed by atoms with Gasteiger partial charge in [0.05, 0.1) is 6.20 Å². The van der Waals surface area contributed by atoms with Crippen LogP contribution in [-0.2, 0) is 0 Å². The number of nitrogens with two attached hydrogens (primary N) is 1. The molecule has 1 atom stereocenters. The molecule has 0 bridgehead atoms. The lowest BCUT2D eigenvalue weighted by Crippen LogP contribution is -2.10. The third kappa shape index (κ3) is 1.55. The molecule has 4 nitrogen and oxygen atoms in total. The molecule has 0 aliphatic rings. The van der Waals surface area contributed by atoms with E-state index in [1.165, 1.54) is 0 Å². The molecule has 1 aromatic rings. The van der Waals surface area contributed by atoms with Gasteiger partial charge in [-0.05, 0) is 6.42 Å². The Morgan fingerprint density at radius 3 is 3.10 bits per heavy atom. The summed E-state index contributed by atoms with van der Waals surface area (Å²) in [5.74, 6) is 0. The first-order valence-corrected chi connectivity index (χ1v) is 3.19. The molecule has 4 heteroatoms. The molecule has 1 unspecified atom stereocenters. The number of aromatic amines is 1. The Balaban J connectivity index is 2.50. The average Bonchev–Trinajstić information content (AvgIpc) is 2.38. The standard InChI is InChI=1S/C6H11N3O/c7-6(1-2-10)5-3-8-9-4-5/h3-4,6,10H,1-2,7H2,(H,8,9). The molecule has 0 amide bonds. The molecule has 4 N–H and O–H groups in total. The summed E-state index contributed by atoms with van der Waals surface area (Å²) in [6.45, 7) is 0.117. The lowest BCUT2D eigenvalue weighted by Gasteiger charge is -2.04. The molecular formula is C6H11N3O. The minimum Gasteiger partial charge on any atom is -0.396 e. The highest BCUT2D eigenvalue weighted by Crippen LogP contribution is 2.09. The van der Waals surface area contributed by atoms with Crippen molar-refractivity contribution in [3.05, 3.63) is 18.0 Å². The minimum atomic E-state index is -0.0938. The number of aromatic nitrogens is 2. The normalized spacial score (nSPS) is 13.4. The van der Waals surface area contributed by atoms with E-state index in [-0.39, 0.29) is 12.6 Å². The summed E-state index contributed by atoms with van der Waals surface area (Å²) in [4.78, 5) is 0. The first-order chi connectivity index (χ1) is 4.84. The third-order valence-corrected chi connectivity index (χ3v) is 1.39. The number of nitrogens with zero attached hydrogens (tertiary/aromatic N) is 1. The summed E-state index contributed by atoms with van der Waals surface area (Å²) in [6, 6.07) is -0.0938. The second kappa shape index (κ2) is 3.34. The summed E-state index contributed by atoms with van der Waals surface area (Å²) >= 11 is 0. The third-order valence-electron chi connectivity index (χ3n) is 1.39. The summed E-state index contributed by atoms with van der Waals surface area (Å²) in [6.07, 6.45) is 3.99. The van der Waals surface area contributed by atoms with Crippen LogP contribution in [0, 0.1) is 0 Å². The summed E-state index contributed by atoms with van der Waals surface area (Å²) in [7, 11) is 0. The Morgan fingerprint density at radius 1 is 1.80 bits per heavy atom. The Kier molecular flexibility index (Phi) is 2.42. The predicted octanol–water partition coefficient (Wildman–Crippen LogP) is -0.208. The Labute approximate surface area is 59.1 Å². The number of aliphatic hydroxyl groups excluding tert-OH is 1. The van der Waals surface area contributed by atoms with Crippen molar-refractivity contribution in [2.24, 2.45) is 5.73 Å². The smallest absolute Gasteiger partial charge is 0.0535 e. The molecule has 0 fully saturated rings. The SMILES string of the molecule is NC(CCO)c1cn[nH]c1. The van der Waals surface area contributed by atoms with Crippen LogP contribution in [0.3, 0.4) is 0 Å². The van der Waals surface area contributed by atoms with Gasteiger partial charge in [0.15, 0.2) is 0 Å². The van der Waals surface area contributed by atoms with Gasteiger partial charge in [0.2, 0.25) is 0 Å². The second-order valence-electron chi connectivity index (χ2n) is 2.15. The van der Waals surface area contributed by atoms with Crippen LogP contribution in [0.4, 0.5) is 0 Å². The van der Waals surface area contributed by atoms with Crippen LogP contribution in [0.25, 0.3) is 0 Å².